The number of halogens is 1. The molecule has 1 aliphatic rings. The van der Waals surface area contributed by atoms with Crippen LogP contribution in [-0.2, 0) is 4.79 Å². The van der Waals surface area contributed by atoms with Gasteiger partial charge in [0, 0.05) is 3.57 Å². The Labute approximate surface area is 153 Å². The van der Waals surface area contributed by atoms with Crippen molar-refractivity contribution in [3.63, 3.8) is 0 Å². The lowest BCUT2D eigenvalue weighted by atomic mass is 10.1. The second kappa shape index (κ2) is 6.88. The molecule has 5 heteroatoms. The Kier molecular flexibility index (Phi) is 4.87. The molecule has 3 rings (SSSR count). The van der Waals surface area contributed by atoms with E-state index in [0.717, 1.165) is 16.8 Å². The molecular formula is C18H15IN2OS. The number of thioether (sulfide) groups is 1. The molecular weight excluding hydrogens is 419 g/mol. The molecule has 0 aliphatic carbocycles. The van der Waals surface area contributed by atoms with Crippen molar-refractivity contribution in [2.75, 3.05) is 0 Å². The highest BCUT2D eigenvalue weighted by Gasteiger charge is 2.23. The van der Waals surface area contributed by atoms with Gasteiger partial charge in [0.2, 0.25) is 0 Å². The molecule has 2 aromatic rings. The molecule has 23 heavy (non-hydrogen) atoms. The van der Waals surface area contributed by atoms with Crippen LogP contribution in [0.1, 0.15) is 16.7 Å². The number of benzene rings is 2. The van der Waals surface area contributed by atoms with E-state index in [9.17, 15) is 4.79 Å². The Bertz CT molecular complexity index is 825. The van der Waals surface area contributed by atoms with E-state index in [0.29, 0.717) is 10.1 Å². The molecule has 0 saturated carbocycles. The Morgan fingerprint density at radius 3 is 2.57 bits per heavy atom. The summed E-state index contributed by atoms with van der Waals surface area (Å²) in [4.78, 5) is 17.3. The number of nitrogens with zero attached hydrogens (tertiary/aromatic N) is 1. The molecule has 0 spiro atoms. The molecule has 1 amide bonds. The number of amides is 1. The van der Waals surface area contributed by atoms with E-state index in [-0.39, 0.29) is 5.91 Å². The molecule has 1 N–H and O–H groups in total. The third kappa shape index (κ3) is 4.03. The van der Waals surface area contributed by atoms with Crippen molar-refractivity contribution >= 4 is 57.2 Å². The number of aryl methyl sites for hydroxylation is 2. The second-order valence-electron chi connectivity index (χ2n) is 5.32. The van der Waals surface area contributed by atoms with Crippen molar-refractivity contribution in [1.29, 1.82) is 0 Å². The highest BCUT2D eigenvalue weighted by atomic mass is 127. The van der Waals surface area contributed by atoms with E-state index < -0.39 is 0 Å². The molecule has 0 bridgehead atoms. The van der Waals surface area contributed by atoms with Gasteiger partial charge in [-0.15, -0.1) is 0 Å². The summed E-state index contributed by atoms with van der Waals surface area (Å²) in [5.74, 6) is -0.0999. The normalized spacial score (nSPS) is 17.8. The summed E-state index contributed by atoms with van der Waals surface area (Å²) in [6, 6.07) is 14.1. The van der Waals surface area contributed by atoms with E-state index in [4.69, 9.17) is 0 Å². The first kappa shape index (κ1) is 16.3. The number of carbonyl (C=O) groups excluding carboxylic acids is 1. The van der Waals surface area contributed by atoms with Crippen LogP contribution in [-0.4, -0.2) is 11.1 Å². The topological polar surface area (TPSA) is 41.5 Å². The minimum Gasteiger partial charge on any atom is -0.300 e. The zero-order valence-electron chi connectivity index (χ0n) is 12.8. The minimum atomic E-state index is -0.0999. The zero-order chi connectivity index (χ0) is 16.4. The fraction of sp³-hybridized carbons (Fsp3) is 0.111. The SMILES string of the molecule is Cc1ccc(N=C2NC(=O)/C(=C\c3ccc(I)cc3)S2)c(C)c1. The summed E-state index contributed by atoms with van der Waals surface area (Å²) in [7, 11) is 0. The smallest absolute Gasteiger partial charge is 0.264 e. The van der Waals surface area contributed by atoms with Gasteiger partial charge in [-0.25, -0.2) is 4.99 Å². The second-order valence-corrected chi connectivity index (χ2v) is 7.60. The number of hydrogen-bond donors (Lipinski definition) is 1. The Morgan fingerprint density at radius 1 is 1.13 bits per heavy atom. The molecule has 2 aromatic carbocycles. The van der Waals surface area contributed by atoms with E-state index in [2.05, 4.69) is 45.9 Å². The van der Waals surface area contributed by atoms with Crippen LogP contribution >= 0.6 is 34.4 Å². The largest absolute Gasteiger partial charge is 0.300 e. The van der Waals surface area contributed by atoms with Gasteiger partial charge < -0.3 is 5.32 Å². The maximum atomic E-state index is 12.1. The summed E-state index contributed by atoms with van der Waals surface area (Å²) in [6.45, 7) is 4.08. The summed E-state index contributed by atoms with van der Waals surface area (Å²) < 4.78 is 1.17. The van der Waals surface area contributed by atoms with Crippen molar-refractivity contribution in [2.45, 2.75) is 13.8 Å². The highest BCUT2D eigenvalue weighted by molar-refractivity contribution is 14.1. The predicted molar refractivity (Wildman–Crippen MR) is 106 cm³/mol. The first-order valence-electron chi connectivity index (χ1n) is 7.14. The maximum absolute atomic E-state index is 12.1. The van der Waals surface area contributed by atoms with Gasteiger partial charge in [-0.1, -0.05) is 29.8 Å². The van der Waals surface area contributed by atoms with Gasteiger partial charge in [-0.05, 0) is 83.6 Å². The number of amidine groups is 1. The van der Waals surface area contributed by atoms with Crippen molar-refractivity contribution in [3.05, 3.63) is 67.6 Å². The standard InChI is InChI=1S/C18H15IN2OS/c1-11-3-8-15(12(2)9-11)20-18-21-17(22)16(23-18)10-13-4-6-14(19)7-5-13/h3-10H,1-2H3,(H,20,21,22)/b16-10+. The summed E-state index contributed by atoms with van der Waals surface area (Å²) >= 11 is 3.64. The third-order valence-electron chi connectivity index (χ3n) is 3.39. The van der Waals surface area contributed by atoms with Crippen molar-refractivity contribution < 1.29 is 4.79 Å². The van der Waals surface area contributed by atoms with Crippen molar-refractivity contribution in [2.24, 2.45) is 4.99 Å². The predicted octanol–water partition coefficient (Wildman–Crippen LogP) is 4.80. The van der Waals surface area contributed by atoms with Gasteiger partial charge in [0.05, 0.1) is 10.6 Å². The number of carbonyl (C=O) groups is 1. The molecule has 116 valence electrons. The van der Waals surface area contributed by atoms with Crippen LogP contribution in [0.15, 0.2) is 52.4 Å². The molecule has 0 unspecified atom stereocenters. The molecule has 0 atom stereocenters. The van der Waals surface area contributed by atoms with Gasteiger partial charge in [-0.2, -0.15) is 0 Å². The van der Waals surface area contributed by atoms with E-state index >= 15 is 0 Å². The quantitative estimate of drug-likeness (QED) is 0.545. The molecule has 1 aliphatic heterocycles. The molecule has 3 nitrogen and oxygen atoms in total. The summed E-state index contributed by atoms with van der Waals surface area (Å²) in [6.07, 6.45) is 1.89. The first-order valence-corrected chi connectivity index (χ1v) is 9.03. The van der Waals surface area contributed by atoms with Gasteiger partial charge in [0.1, 0.15) is 0 Å². The Morgan fingerprint density at radius 2 is 1.87 bits per heavy atom. The first-order chi connectivity index (χ1) is 11.0. The van der Waals surface area contributed by atoms with Gasteiger partial charge in [-0.3, -0.25) is 4.79 Å². The lowest BCUT2D eigenvalue weighted by Gasteiger charge is -2.02. The fourth-order valence-electron chi connectivity index (χ4n) is 2.23. The third-order valence-corrected chi connectivity index (χ3v) is 5.02. The monoisotopic (exact) mass is 434 g/mol. The van der Waals surface area contributed by atoms with Crippen LogP contribution in [0, 0.1) is 17.4 Å². The number of aliphatic imine (C=N–C) groups is 1. The lowest BCUT2D eigenvalue weighted by Crippen LogP contribution is -2.19. The molecule has 1 fully saturated rings. The zero-order valence-corrected chi connectivity index (χ0v) is 15.7. The lowest BCUT2D eigenvalue weighted by molar-refractivity contribution is -0.115. The Balaban J connectivity index is 1.84. The minimum absolute atomic E-state index is 0.0999. The fourth-order valence-corrected chi connectivity index (χ4v) is 3.43. The van der Waals surface area contributed by atoms with Crippen LogP contribution in [0.25, 0.3) is 6.08 Å². The summed E-state index contributed by atoms with van der Waals surface area (Å²) in [5, 5.41) is 3.45. The van der Waals surface area contributed by atoms with Crippen LogP contribution in [0.4, 0.5) is 5.69 Å². The number of rotatable bonds is 2. The average molecular weight is 434 g/mol. The highest BCUT2D eigenvalue weighted by Crippen LogP contribution is 2.29. The van der Waals surface area contributed by atoms with Gasteiger partial charge >= 0.3 is 0 Å². The van der Waals surface area contributed by atoms with Crippen LogP contribution in [0.3, 0.4) is 0 Å². The molecule has 0 aromatic heterocycles. The summed E-state index contributed by atoms with van der Waals surface area (Å²) in [5.41, 5.74) is 4.20. The molecule has 1 heterocycles. The van der Waals surface area contributed by atoms with E-state index in [1.54, 1.807) is 0 Å². The van der Waals surface area contributed by atoms with E-state index in [1.807, 2.05) is 49.4 Å². The molecule has 0 radical (unpaired) electrons. The maximum Gasteiger partial charge on any atom is 0.264 e. The van der Waals surface area contributed by atoms with Crippen LogP contribution in [0.2, 0.25) is 0 Å². The van der Waals surface area contributed by atoms with Crippen LogP contribution in [0.5, 0.6) is 0 Å². The van der Waals surface area contributed by atoms with Gasteiger partial charge in [0.25, 0.3) is 5.91 Å². The van der Waals surface area contributed by atoms with Gasteiger partial charge in [0.15, 0.2) is 5.17 Å². The average Bonchev–Trinajstić information content (AvgIpc) is 2.84. The van der Waals surface area contributed by atoms with Crippen LogP contribution < -0.4 is 5.32 Å². The van der Waals surface area contributed by atoms with E-state index in [1.165, 1.54) is 20.9 Å². The number of hydrogen-bond acceptors (Lipinski definition) is 3. The molecule has 1 saturated heterocycles. The van der Waals surface area contributed by atoms with Crippen molar-refractivity contribution in [1.82, 2.24) is 5.32 Å². The van der Waals surface area contributed by atoms with Crippen molar-refractivity contribution in [3.8, 4) is 0 Å². The Hall–Kier alpha value is -1.60. The number of nitrogens with one attached hydrogen (secondary N) is 1.